The lowest BCUT2D eigenvalue weighted by atomic mass is 9.95. The van der Waals surface area contributed by atoms with E-state index in [-0.39, 0.29) is 11.7 Å². The fourth-order valence-electron chi connectivity index (χ4n) is 3.13. The highest BCUT2D eigenvalue weighted by atomic mass is 16.3. The van der Waals surface area contributed by atoms with Crippen LogP contribution in [0.2, 0.25) is 0 Å². The summed E-state index contributed by atoms with van der Waals surface area (Å²) in [5, 5.41) is 9.78. The largest absolute Gasteiger partial charge is 0.508 e. The molecule has 1 heterocycles. The molecule has 21 heavy (non-hydrogen) atoms. The Morgan fingerprint density at radius 2 is 1.81 bits per heavy atom. The molecule has 0 spiro atoms. The van der Waals surface area contributed by atoms with Crippen LogP contribution in [0.25, 0.3) is 11.1 Å². The first-order valence-electron chi connectivity index (χ1n) is 7.37. The number of aryl methyl sites for hydroxylation is 1. The number of phenols is 1. The van der Waals surface area contributed by atoms with Gasteiger partial charge in [0.1, 0.15) is 5.75 Å². The van der Waals surface area contributed by atoms with Gasteiger partial charge in [-0.3, -0.25) is 4.79 Å². The minimum Gasteiger partial charge on any atom is -0.508 e. The molecule has 1 N–H and O–H groups in total. The predicted molar refractivity (Wildman–Crippen MR) is 81.2 cm³/mol. The van der Waals surface area contributed by atoms with Gasteiger partial charge in [-0.25, -0.2) is 0 Å². The van der Waals surface area contributed by atoms with Crippen molar-refractivity contribution >= 4 is 5.91 Å². The zero-order valence-corrected chi connectivity index (χ0v) is 12.0. The van der Waals surface area contributed by atoms with E-state index in [1.807, 2.05) is 36.1 Å². The molecule has 4 rings (SSSR count). The number of amides is 1. The van der Waals surface area contributed by atoms with Gasteiger partial charge in [-0.2, -0.15) is 0 Å². The Hall–Kier alpha value is -2.29. The fraction of sp³-hybridized carbons (Fsp3) is 0.278. The minimum atomic E-state index is 0.117. The van der Waals surface area contributed by atoms with Crippen molar-refractivity contribution in [2.45, 2.75) is 32.4 Å². The molecule has 2 aliphatic rings. The summed E-state index contributed by atoms with van der Waals surface area (Å²) >= 11 is 0. The van der Waals surface area contributed by atoms with Crippen LogP contribution in [0.5, 0.6) is 5.75 Å². The van der Waals surface area contributed by atoms with Crippen LogP contribution in [0.1, 0.15) is 34.3 Å². The van der Waals surface area contributed by atoms with Crippen molar-refractivity contribution in [3.63, 3.8) is 0 Å². The number of fused-ring (bicyclic) bond motifs is 3. The molecule has 3 heteroatoms. The molecule has 1 aliphatic heterocycles. The highest BCUT2D eigenvalue weighted by Gasteiger charge is 2.36. The molecule has 0 unspecified atom stereocenters. The molecule has 2 aromatic rings. The van der Waals surface area contributed by atoms with Gasteiger partial charge >= 0.3 is 0 Å². The number of carbonyl (C=O) groups is 1. The van der Waals surface area contributed by atoms with E-state index in [0.717, 1.165) is 40.7 Å². The molecule has 0 saturated heterocycles. The van der Waals surface area contributed by atoms with E-state index in [1.165, 1.54) is 0 Å². The molecule has 2 aromatic carbocycles. The second kappa shape index (κ2) is 4.35. The Balaban J connectivity index is 1.97. The number of rotatable bonds is 1. The molecule has 0 radical (unpaired) electrons. The van der Waals surface area contributed by atoms with Gasteiger partial charge in [0, 0.05) is 18.2 Å². The number of nitrogens with zero attached hydrogens (tertiary/aromatic N) is 1. The molecule has 0 bridgehead atoms. The number of hydrogen-bond donors (Lipinski definition) is 1. The lowest BCUT2D eigenvalue weighted by Gasteiger charge is -2.21. The Morgan fingerprint density at radius 1 is 1.05 bits per heavy atom. The van der Waals surface area contributed by atoms with E-state index in [1.54, 1.807) is 12.1 Å². The normalized spacial score (nSPS) is 17.2. The second-order valence-corrected chi connectivity index (χ2v) is 6.05. The quantitative estimate of drug-likeness (QED) is 0.868. The number of aromatic hydroxyl groups is 1. The molecule has 1 saturated carbocycles. The highest BCUT2D eigenvalue weighted by molar-refractivity contribution is 6.03. The van der Waals surface area contributed by atoms with Gasteiger partial charge in [0.05, 0.1) is 0 Å². The van der Waals surface area contributed by atoms with Gasteiger partial charge in [-0.15, -0.1) is 0 Å². The first-order valence-corrected chi connectivity index (χ1v) is 7.37. The lowest BCUT2D eigenvalue weighted by Crippen LogP contribution is -2.31. The van der Waals surface area contributed by atoms with Gasteiger partial charge in [-0.1, -0.05) is 23.8 Å². The monoisotopic (exact) mass is 279 g/mol. The van der Waals surface area contributed by atoms with Crippen LogP contribution in [0.15, 0.2) is 36.4 Å². The van der Waals surface area contributed by atoms with Gasteiger partial charge in [0.15, 0.2) is 0 Å². The average Bonchev–Trinajstić information content (AvgIpc) is 3.29. The summed E-state index contributed by atoms with van der Waals surface area (Å²) in [5.74, 6) is 0.374. The molecule has 1 aliphatic carbocycles. The second-order valence-electron chi connectivity index (χ2n) is 6.05. The van der Waals surface area contributed by atoms with Crippen molar-refractivity contribution in [2.75, 3.05) is 0 Å². The molecule has 106 valence electrons. The van der Waals surface area contributed by atoms with E-state index < -0.39 is 0 Å². The van der Waals surface area contributed by atoms with Crippen LogP contribution in [0.4, 0.5) is 0 Å². The van der Waals surface area contributed by atoms with E-state index in [9.17, 15) is 9.90 Å². The van der Waals surface area contributed by atoms with Crippen molar-refractivity contribution < 1.29 is 9.90 Å². The van der Waals surface area contributed by atoms with Crippen LogP contribution in [-0.4, -0.2) is 22.0 Å². The van der Waals surface area contributed by atoms with Crippen molar-refractivity contribution in [1.82, 2.24) is 4.90 Å². The van der Waals surface area contributed by atoms with E-state index >= 15 is 0 Å². The number of benzene rings is 2. The van der Waals surface area contributed by atoms with Crippen LogP contribution >= 0.6 is 0 Å². The van der Waals surface area contributed by atoms with Gasteiger partial charge in [0.25, 0.3) is 5.91 Å². The standard InChI is InChI=1S/C18H17NO2/c1-11-2-6-16-15-7-5-14(20)9-12(15)10-19(13-3-4-13)18(21)17(16)8-11/h2,5-9,13,20H,3-4,10H2,1H3. The number of phenolic OH excluding ortho intramolecular Hbond substituents is 1. The summed E-state index contributed by atoms with van der Waals surface area (Å²) in [4.78, 5) is 14.8. The van der Waals surface area contributed by atoms with Gasteiger partial charge in [0.2, 0.25) is 0 Å². The summed E-state index contributed by atoms with van der Waals surface area (Å²) in [5.41, 5.74) is 4.94. The predicted octanol–water partition coefficient (Wildman–Crippen LogP) is 3.49. The summed E-state index contributed by atoms with van der Waals surface area (Å²) in [7, 11) is 0. The summed E-state index contributed by atoms with van der Waals surface area (Å²) in [6, 6.07) is 11.8. The fourth-order valence-corrected chi connectivity index (χ4v) is 3.13. The number of carbonyl (C=O) groups excluding carboxylic acids is 1. The smallest absolute Gasteiger partial charge is 0.255 e. The van der Waals surface area contributed by atoms with E-state index in [2.05, 4.69) is 0 Å². The third-order valence-corrected chi connectivity index (χ3v) is 4.37. The summed E-state index contributed by atoms with van der Waals surface area (Å²) < 4.78 is 0. The van der Waals surface area contributed by atoms with Crippen molar-refractivity contribution in [3.8, 4) is 16.9 Å². The summed E-state index contributed by atoms with van der Waals surface area (Å²) in [6.45, 7) is 2.60. The third kappa shape index (κ3) is 2.00. The Labute approximate surface area is 123 Å². The van der Waals surface area contributed by atoms with Crippen LogP contribution < -0.4 is 0 Å². The van der Waals surface area contributed by atoms with Crippen molar-refractivity contribution in [2.24, 2.45) is 0 Å². The summed E-state index contributed by atoms with van der Waals surface area (Å²) in [6.07, 6.45) is 2.17. The van der Waals surface area contributed by atoms with E-state index in [4.69, 9.17) is 0 Å². The van der Waals surface area contributed by atoms with Crippen LogP contribution in [0.3, 0.4) is 0 Å². The minimum absolute atomic E-state index is 0.117. The lowest BCUT2D eigenvalue weighted by molar-refractivity contribution is 0.0733. The Kier molecular flexibility index (Phi) is 2.58. The molecular weight excluding hydrogens is 262 g/mol. The van der Waals surface area contributed by atoms with Gasteiger partial charge < -0.3 is 10.0 Å². The molecule has 1 amide bonds. The van der Waals surface area contributed by atoms with Gasteiger partial charge in [-0.05, 0) is 54.7 Å². The molecular formula is C18H17NO2. The van der Waals surface area contributed by atoms with E-state index in [0.29, 0.717) is 12.6 Å². The molecule has 1 fully saturated rings. The topological polar surface area (TPSA) is 40.5 Å². The maximum atomic E-state index is 12.9. The third-order valence-electron chi connectivity index (χ3n) is 4.37. The van der Waals surface area contributed by atoms with Crippen LogP contribution in [-0.2, 0) is 6.54 Å². The molecule has 0 aromatic heterocycles. The van der Waals surface area contributed by atoms with Crippen LogP contribution in [0, 0.1) is 6.92 Å². The molecule has 0 atom stereocenters. The zero-order chi connectivity index (χ0) is 14.6. The maximum absolute atomic E-state index is 12.9. The first-order chi connectivity index (χ1) is 10.1. The SMILES string of the molecule is Cc1ccc2c(c1)C(=O)N(C1CC1)Cc1cc(O)ccc1-2. The van der Waals surface area contributed by atoms with Crippen molar-refractivity contribution in [3.05, 3.63) is 53.1 Å². The molecule has 3 nitrogen and oxygen atoms in total. The maximum Gasteiger partial charge on any atom is 0.255 e. The average molecular weight is 279 g/mol. The first kappa shape index (κ1) is 12.5. The zero-order valence-electron chi connectivity index (χ0n) is 12.0. The highest BCUT2D eigenvalue weighted by Crippen LogP contribution is 2.38. The Morgan fingerprint density at radius 3 is 2.57 bits per heavy atom. The van der Waals surface area contributed by atoms with Crippen molar-refractivity contribution in [1.29, 1.82) is 0 Å². The Bertz CT molecular complexity index is 747. The number of hydrogen-bond acceptors (Lipinski definition) is 2.